The third-order valence-electron chi connectivity index (χ3n) is 3.20. The number of fused-ring (bicyclic) bond motifs is 1. The summed E-state index contributed by atoms with van der Waals surface area (Å²) < 4.78 is 1.86. The number of anilines is 1. The second-order valence-electron chi connectivity index (χ2n) is 4.43. The molecule has 0 bridgehead atoms. The van der Waals surface area contributed by atoms with Crippen molar-refractivity contribution in [1.29, 1.82) is 0 Å². The number of imidazole rings is 1. The Morgan fingerprint density at radius 3 is 2.94 bits per heavy atom. The number of allylic oxidation sites excluding steroid dienone is 1. The summed E-state index contributed by atoms with van der Waals surface area (Å²) in [5.41, 5.74) is 7.67. The van der Waals surface area contributed by atoms with Crippen LogP contribution in [0.4, 0.5) is 5.95 Å². The van der Waals surface area contributed by atoms with E-state index in [1.807, 2.05) is 17.6 Å². The van der Waals surface area contributed by atoms with Gasteiger partial charge in [-0.3, -0.25) is 0 Å². The molecular formula is C11H12ClN5O. The molecule has 2 aromatic rings. The van der Waals surface area contributed by atoms with Gasteiger partial charge in [-0.2, -0.15) is 9.97 Å². The van der Waals surface area contributed by atoms with Gasteiger partial charge in [-0.25, -0.2) is 4.98 Å². The molecule has 3 N–H and O–H groups in total. The number of nitrogens with two attached hydrogens (primary N) is 1. The van der Waals surface area contributed by atoms with Crippen molar-refractivity contribution in [1.82, 2.24) is 19.5 Å². The van der Waals surface area contributed by atoms with Crippen LogP contribution in [0.15, 0.2) is 18.0 Å². The largest absolute Gasteiger partial charge is 0.389 e. The zero-order chi connectivity index (χ0) is 12.9. The average molecular weight is 266 g/mol. The molecule has 3 rings (SSSR count). The molecule has 0 amide bonds. The molecule has 2 aromatic heterocycles. The van der Waals surface area contributed by atoms with Gasteiger partial charge in [0.2, 0.25) is 5.95 Å². The lowest BCUT2D eigenvalue weighted by Crippen LogP contribution is -2.09. The van der Waals surface area contributed by atoms with Gasteiger partial charge in [-0.15, -0.1) is 0 Å². The van der Waals surface area contributed by atoms with E-state index >= 15 is 0 Å². The van der Waals surface area contributed by atoms with Crippen LogP contribution in [0.3, 0.4) is 0 Å². The Labute approximate surface area is 108 Å². The quantitative estimate of drug-likeness (QED) is 0.599. The highest BCUT2D eigenvalue weighted by Gasteiger charge is 2.25. The third kappa shape index (κ3) is 1.65. The minimum atomic E-state index is -0.415. The summed E-state index contributed by atoms with van der Waals surface area (Å²) >= 11 is 5.97. The number of rotatable bonds is 1. The second kappa shape index (κ2) is 3.93. The highest BCUT2D eigenvalue weighted by atomic mass is 35.5. The summed E-state index contributed by atoms with van der Waals surface area (Å²) in [4.78, 5) is 12.2. The van der Waals surface area contributed by atoms with Crippen LogP contribution in [0.5, 0.6) is 0 Å². The number of halogens is 1. The summed E-state index contributed by atoms with van der Waals surface area (Å²) in [5, 5.41) is 10.0. The highest BCUT2D eigenvalue weighted by Crippen LogP contribution is 2.31. The molecule has 7 heteroatoms. The van der Waals surface area contributed by atoms with E-state index in [2.05, 4.69) is 15.0 Å². The van der Waals surface area contributed by atoms with E-state index < -0.39 is 6.10 Å². The first-order chi connectivity index (χ1) is 8.56. The van der Waals surface area contributed by atoms with Crippen LogP contribution in [0.2, 0.25) is 5.15 Å². The van der Waals surface area contributed by atoms with E-state index in [1.165, 1.54) is 0 Å². The Balaban J connectivity index is 2.14. The van der Waals surface area contributed by atoms with Crippen LogP contribution < -0.4 is 5.73 Å². The number of hydrogen-bond donors (Lipinski definition) is 2. The molecule has 2 heterocycles. The van der Waals surface area contributed by atoms with Crippen LogP contribution >= 0.6 is 11.6 Å². The molecule has 0 saturated heterocycles. The molecule has 1 aliphatic rings. The SMILES string of the molecule is CC1=C[C@@H](n2cnc3c(Cl)nc(N)nc32)C[C@@H]1O. The normalized spacial score (nSPS) is 23.6. The third-order valence-corrected chi connectivity index (χ3v) is 3.46. The smallest absolute Gasteiger partial charge is 0.223 e. The first-order valence-electron chi connectivity index (χ1n) is 5.58. The van der Waals surface area contributed by atoms with E-state index in [0.29, 0.717) is 17.6 Å². The molecule has 94 valence electrons. The van der Waals surface area contributed by atoms with Crippen LogP contribution in [0.25, 0.3) is 11.2 Å². The van der Waals surface area contributed by atoms with Crippen molar-refractivity contribution in [3.8, 4) is 0 Å². The van der Waals surface area contributed by atoms with Gasteiger partial charge in [0.15, 0.2) is 10.8 Å². The monoisotopic (exact) mass is 265 g/mol. The molecule has 0 fully saturated rings. The minimum Gasteiger partial charge on any atom is -0.389 e. The Hall–Kier alpha value is -1.66. The molecule has 0 aromatic carbocycles. The van der Waals surface area contributed by atoms with E-state index in [0.717, 1.165) is 5.57 Å². The maximum absolute atomic E-state index is 9.76. The maximum Gasteiger partial charge on any atom is 0.223 e. The van der Waals surface area contributed by atoms with Gasteiger partial charge in [0, 0.05) is 6.42 Å². The fourth-order valence-corrected chi connectivity index (χ4v) is 2.45. The summed E-state index contributed by atoms with van der Waals surface area (Å²) in [6.45, 7) is 1.90. The molecule has 1 aliphatic carbocycles. The average Bonchev–Trinajstić information content (AvgIpc) is 2.83. The summed E-state index contributed by atoms with van der Waals surface area (Å²) in [6, 6.07) is 0.0235. The fourth-order valence-electron chi connectivity index (χ4n) is 2.23. The first kappa shape index (κ1) is 11.4. The van der Waals surface area contributed by atoms with Crippen molar-refractivity contribution >= 4 is 28.7 Å². The summed E-state index contributed by atoms with van der Waals surface area (Å²) in [5.74, 6) is 0.119. The number of aromatic nitrogens is 4. The van der Waals surface area contributed by atoms with Gasteiger partial charge in [-0.1, -0.05) is 17.7 Å². The predicted molar refractivity (Wildman–Crippen MR) is 68.2 cm³/mol. The number of aliphatic hydroxyl groups is 1. The molecule has 0 aliphatic heterocycles. The van der Waals surface area contributed by atoms with Crippen molar-refractivity contribution in [3.05, 3.63) is 23.1 Å². The Morgan fingerprint density at radius 2 is 2.28 bits per heavy atom. The Kier molecular flexibility index (Phi) is 2.49. The molecular weight excluding hydrogens is 254 g/mol. The zero-order valence-corrected chi connectivity index (χ0v) is 10.5. The summed E-state index contributed by atoms with van der Waals surface area (Å²) in [7, 11) is 0. The van der Waals surface area contributed by atoms with E-state index in [-0.39, 0.29) is 17.1 Å². The lowest BCUT2D eigenvalue weighted by atomic mass is 10.2. The second-order valence-corrected chi connectivity index (χ2v) is 4.78. The van der Waals surface area contributed by atoms with Crippen LogP contribution in [-0.4, -0.2) is 30.7 Å². The van der Waals surface area contributed by atoms with Crippen molar-refractivity contribution in [2.75, 3.05) is 5.73 Å². The van der Waals surface area contributed by atoms with E-state index in [1.54, 1.807) is 6.33 Å². The number of aliphatic hydroxyl groups excluding tert-OH is 1. The van der Waals surface area contributed by atoms with Crippen LogP contribution in [0, 0.1) is 0 Å². The van der Waals surface area contributed by atoms with Crippen molar-refractivity contribution in [2.45, 2.75) is 25.5 Å². The fraction of sp³-hybridized carbons (Fsp3) is 0.364. The number of hydrogen-bond acceptors (Lipinski definition) is 5. The highest BCUT2D eigenvalue weighted by molar-refractivity contribution is 6.33. The van der Waals surface area contributed by atoms with Gasteiger partial charge in [0.1, 0.15) is 5.52 Å². The topological polar surface area (TPSA) is 89.9 Å². The maximum atomic E-state index is 9.76. The molecule has 0 unspecified atom stereocenters. The number of nitrogen functional groups attached to an aromatic ring is 1. The lowest BCUT2D eigenvalue weighted by Gasteiger charge is -2.11. The summed E-state index contributed by atoms with van der Waals surface area (Å²) in [6.07, 6.45) is 3.84. The number of nitrogens with zero attached hydrogens (tertiary/aromatic N) is 4. The van der Waals surface area contributed by atoms with Gasteiger partial charge in [0.25, 0.3) is 0 Å². The molecule has 0 spiro atoms. The van der Waals surface area contributed by atoms with E-state index in [9.17, 15) is 5.11 Å². The standard InChI is InChI=1S/C11H12ClN5O/c1-5-2-6(3-7(5)18)17-4-14-8-9(12)15-11(13)16-10(8)17/h2,4,6-7,18H,3H2,1H3,(H2,13,15,16)/t6-,7+/m1/s1. The molecule has 0 saturated carbocycles. The lowest BCUT2D eigenvalue weighted by molar-refractivity contribution is 0.201. The van der Waals surface area contributed by atoms with Crippen LogP contribution in [-0.2, 0) is 0 Å². The first-order valence-corrected chi connectivity index (χ1v) is 5.96. The Morgan fingerprint density at radius 1 is 1.50 bits per heavy atom. The van der Waals surface area contributed by atoms with Crippen molar-refractivity contribution in [2.24, 2.45) is 0 Å². The molecule has 0 radical (unpaired) electrons. The van der Waals surface area contributed by atoms with Gasteiger partial charge in [-0.05, 0) is 12.5 Å². The molecule has 18 heavy (non-hydrogen) atoms. The van der Waals surface area contributed by atoms with Crippen LogP contribution in [0.1, 0.15) is 19.4 Å². The Bertz CT molecular complexity index is 650. The van der Waals surface area contributed by atoms with E-state index in [4.69, 9.17) is 17.3 Å². The molecule has 6 nitrogen and oxygen atoms in total. The minimum absolute atomic E-state index is 0.0235. The van der Waals surface area contributed by atoms with Gasteiger partial charge in [0.05, 0.1) is 18.5 Å². The zero-order valence-electron chi connectivity index (χ0n) is 9.71. The van der Waals surface area contributed by atoms with Gasteiger partial charge < -0.3 is 15.4 Å². The van der Waals surface area contributed by atoms with Crippen molar-refractivity contribution in [3.63, 3.8) is 0 Å². The van der Waals surface area contributed by atoms with Crippen molar-refractivity contribution < 1.29 is 5.11 Å². The predicted octanol–water partition coefficient (Wildman–Crippen LogP) is 1.31. The molecule has 2 atom stereocenters. The van der Waals surface area contributed by atoms with Gasteiger partial charge >= 0.3 is 0 Å².